The molecule has 0 radical (unpaired) electrons. The molecular weight excluding hydrogens is 160 g/mol. The highest BCUT2D eigenvalue weighted by Gasteiger charge is 2.51. The van der Waals surface area contributed by atoms with Crippen LogP contribution in [0.15, 0.2) is 0 Å². The first-order chi connectivity index (χ1) is 6.33. The van der Waals surface area contributed by atoms with Gasteiger partial charge < -0.3 is 10.6 Å². The van der Waals surface area contributed by atoms with Crippen molar-refractivity contribution in [1.29, 1.82) is 0 Å². The highest BCUT2D eigenvalue weighted by molar-refractivity contribution is 5.01. The minimum Gasteiger partial charge on any atom is -0.318 e. The summed E-state index contributed by atoms with van der Waals surface area (Å²) in [7, 11) is 2.02. The van der Waals surface area contributed by atoms with Crippen molar-refractivity contribution in [2.75, 3.05) is 20.1 Å². The molecule has 0 aromatic heterocycles. The molecule has 0 aromatic rings. The van der Waals surface area contributed by atoms with Gasteiger partial charge in [-0.15, -0.1) is 0 Å². The van der Waals surface area contributed by atoms with Gasteiger partial charge in [0.05, 0.1) is 0 Å². The Morgan fingerprint density at radius 2 is 2.00 bits per heavy atom. The minimum absolute atomic E-state index is 0.631. The summed E-state index contributed by atoms with van der Waals surface area (Å²) in [5, 5.41) is 6.81. The molecule has 0 amide bonds. The maximum absolute atomic E-state index is 3.61. The van der Waals surface area contributed by atoms with Crippen molar-refractivity contribution in [2.45, 2.75) is 32.2 Å². The minimum atomic E-state index is 0.631. The van der Waals surface area contributed by atoms with Gasteiger partial charge >= 0.3 is 0 Å². The lowest BCUT2D eigenvalue weighted by Crippen LogP contribution is -2.36. The van der Waals surface area contributed by atoms with Crippen molar-refractivity contribution >= 4 is 0 Å². The zero-order chi connectivity index (χ0) is 9.26. The van der Waals surface area contributed by atoms with Crippen LogP contribution in [0.4, 0.5) is 0 Å². The van der Waals surface area contributed by atoms with E-state index in [-0.39, 0.29) is 0 Å². The van der Waals surface area contributed by atoms with Crippen LogP contribution >= 0.6 is 0 Å². The molecular formula is C11H22N2. The van der Waals surface area contributed by atoms with E-state index in [1.165, 1.54) is 25.8 Å². The number of likely N-dealkylation sites (N-methyl/N-ethyl adjacent to an activating group) is 1. The van der Waals surface area contributed by atoms with E-state index in [1.807, 2.05) is 7.05 Å². The second-order valence-electron chi connectivity index (χ2n) is 4.79. The van der Waals surface area contributed by atoms with E-state index in [0.29, 0.717) is 6.04 Å². The van der Waals surface area contributed by atoms with E-state index in [0.717, 1.165) is 24.3 Å². The van der Waals surface area contributed by atoms with Crippen LogP contribution in [-0.2, 0) is 0 Å². The number of hydrogen-bond acceptors (Lipinski definition) is 2. The predicted molar refractivity (Wildman–Crippen MR) is 55.7 cm³/mol. The summed E-state index contributed by atoms with van der Waals surface area (Å²) < 4.78 is 0. The smallest absolute Gasteiger partial charge is 0.0164 e. The maximum atomic E-state index is 3.61. The van der Waals surface area contributed by atoms with Gasteiger partial charge in [-0.3, -0.25) is 0 Å². The summed E-state index contributed by atoms with van der Waals surface area (Å²) in [6, 6.07) is 0.631. The van der Waals surface area contributed by atoms with Crippen LogP contribution in [0, 0.1) is 17.8 Å². The number of fused-ring (bicyclic) bond motifs is 1. The zero-order valence-corrected chi connectivity index (χ0v) is 8.84. The SMILES string of the molecule is CNCC(C)NCC1C2CCCC21. The fourth-order valence-electron chi connectivity index (χ4n) is 2.99. The topological polar surface area (TPSA) is 24.1 Å². The van der Waals surface area contributed by atoms with Crippen LogP contribution in [0.1, 0.15) is 26.2 Å². The Hall–Kier alpha value is -0.0800. The highest BCUT2D eigenvalue weighted by atomic mass is 15.0. The summed E-state index contributed by atoms with van der Waals surface area (Å²) in [5.41, 5.74) is 0. The van der Waals surface area contributed by atoms with E-state index in [1.54, 1.807) is 0 Å². The Bertz CT molecular complexity index is 159. The Balaban J connectivity index is 1.59. The first-order valence-electron chi connectivity index (χ1n) is 5.71. The summed E-state index contributed by atoms with van der Waals surface area (Å²) in [6.07, 6.45) is 4.52. The molecule has 2 rings (SSSR count). The van der Waals surface area contributed by atoms with Gasteiger partial charge in [-0.2, -0.15) is 0 Å². The quantitative estimate of drug-likeness (QED) is 0.668. The molecule has 2 saturated carbocycles. The van der Waals surface area contributed by atoms with Gasteiger partial charge in [0.25, 0.3) is 0 Å². The Kier molecular flexibility index (Phi) is 2.89. The van der Waals surface area contributed by atoms with Crippen molar-refractivity contribution in [3.63, 3.8) is 0 Å². The van der Waals surface area contributed by atoms with Crippen LogP contribution < -0.4 is 10.6 Å². The molecule has 2 heteroatoms. The van der Waals surface area contributed by atoms with E-state index in [2.05, 4.69) is 17.6 Å². The molecule has 0 saturated heterocycles. The first kappa shape index (κ1) is 9.47. The molecule has 2 N–H and O–H groups in total. The molecule has 3 unspecified atom stereocenters. The third-order valence-corrected chi connectivity index (χ3v) is 3.80. The van der Waals surface area contributed by atoms with Gasteiger partial charge in [0.2, 0.25) is 0 Å². The molecule has 0 aromatic carbocycles. The predicted octanol–water partition coefficient (Wildman–Crippen LogP) is 1.23. The van der Waals surface area contributed by atoms with Gasteiger partial charge in [-0.1, -0.05) is 6.42 Å². The van der Waals surface area contributed by atoms with E-state index >= 15 is 0 Å². The Morgan fingerprint density at radius 1 is 1.31 bits per heavy atom. The summed E-state index contributed by atoms with van der Waals surface area (Å²) in [4.78, 5) is 0. The van der Waals surface area contributed by atoms with Crippen LogP contribution in [-0.4, -0.2) is 26.2 Å². The highest BCUT2D eigenvalue weighted by Crippen LogP contribution is 2.56. The molecule has 0 aliphatic heterocycles. The van der Waals surface area contributed by atoms with Gasteiger partial charge in [0, 0.05) is 12.6 Å². The molecule has 0 spiro atoms. The second-order valence-corrected chi connectivity index (χ2v) is 4.79. The number of rotatable bonds is 5. The summed E-state index contributed by atoms with van der Waals surface area (Å²) >= 11 is 0. The summed E-state index contributed by atoms with van der Waals surface area (Å²) in [6.45, 7) is 4.61. The summed E-state index contributed by atoms with van der Waals surface area (Å²) in [5.74, 6) is 3.25. The van der Waals surface area contributed by atoms with Crippen molar-refractivity contribution < 1.29 is 0 Å². The number of nitrogens with one attached hydrogen (secondary N) is 2. The van der Waals surface area contributed by atoms with Gasteiger partial charge in [0.15, 0.2) is 0 Å². The fourth-order valence-corrected chi connectivity index (χ4v) is 2.99. The van der Waals surface area contributed by atoms with Crippen LogP contribution in [0.2, 0.25) is 0 Å². The van der Waals surface area contributed by atoms with Crippen LogP contribution in [0.25, 0.3) is 0 Å². The standard InChI is InChI=1S/C11H22N2/c1-8(6-12-2)13-7-11-9-4-3-5-10(9)11/h8-13H,3-7H2,1-2H3. The molecule has 2 nitrogen and oxygen atoms in total. The molecule has 13 heavy (non-hydrogen) atoms. The molecule has 2 aliphatic rings. The van der Waals surface area contributed by atoms with Crippen LogP contribution in [0.3, 0.4) is 0 Å². The zero-order valence-electron chi connectivity index (χ0n) is 8.84. The first-order valence-corrected chi connectivity index (χ1v) is 5.71. The second kappa shape index (κ2) is 3.97. The molecule has 2 fully saturated rings. The van der Waals surface area contributed by atoms with E-state index < -0.39 is 0 Å². The largest absolute Gasteiger partial charge is 0.318 e. The average Bonchev–Trinajstić information content (AvgIpc) is 2.58. The van der Waals surface area contributed by atoms with E-state index in [4.69, 9.17) is 0 Å². The maximum Gasteiger partial charge on any atom is 0.0164 e. The van der Waals surface area contributed by atoms with Crippen molar-refractivity contribution in [3.05, 3.63) is 0 Å². The third-order valence-electron chi connectivity index (χ3n) is 3.80. The van der Waals surface area contributed by atoms with Gasteiger partial charge in [-0.05, 0) is 51.1 Å². The van der Waals surface area contributed by atoms with Gasteiger partial charge in [0.1, 0.15) is 0 Å². The lowest BCUT2D eigenvalue weighted by molar-refractivity contribution is 0.470. The average molecular weight is 182 g/mol. The van der Waals surface area contributed by atoms with Crippen molar-refractivity contribution in [3.8, 4) is 0 Å². The molecule has 2 aliphatic carbocycles. The normalized spacial score (nSPS) is 38.8. The molecule has 0 heterocycles. The lowest BCUT2D eigenvalue weighted by atomic mass is 10.1. The Morgan fingerprint density at radius 3 is 2.62 bits per heavy atom. The van der Waals surface area contributed by atoms with Crippen LogP contribution in [0.5, 0.6) is 0 Å². The van der Waals surface area contributed by atoms with Crippen molar-refractivity contribution in [1.82, 2.24) is 10.6 Å². The fraction of sp³-hybridized carbons (Fsp3) is 1.00. The monoisotopic (exact) mass is 182 g/mol. The van der Waals surface area contributed by atoms with Gasteiger partial charge in [-0.25, -0.2) is 0 Å². The molecule has 3 atom stereocenters. The van der Waals surface area contributed by atoms with E-state index in [9.17, 15) is 0 Å². The molecule has 76 valence electrons. The Labute approximate surface area is 81.5 Å². The van der Waals surface area contributed by atoms with Crippen molar-refractivity contribution in [2.24, 2.45) is 17.8 Å². The third kappa shape index (κ3) is 2.05. The lowest BCUT2D eigenvalue weighted by Gasteiger charge is -2.13. The molecule has 0 bridgehead atoms. The number of hydrogen-bond donors (Lipinski definition) is 2.